The van der Waals surface area contributed by atoms with Crippen molar-refractivity contribution in [2.24, 2.45) is 5.41 Å². The van der Waals surface area contributed by atoms with Crippen molar-refractivity contribution in [2.45, 2.75) is 26.1 Å². The molecule has 0 fully saturated rings. The van der Waals surface area contributed by atoms with Gasteiger partial charge in [0.05, 0.1) is 5.38 Å². The highest BCUT2D eigenvalue weighted by atomic mass is 35.5. The summed E-state index contributed by atoms with van der Waals surface area (Å²) in [4.78, 5) is 10.7. The van der Waals surface area contributed by atoms with Crippen LogP contribution in [-0.4, -0.2) is 23.7 Å². The SMILES string of the molecule is CC(C)(C)C(Cl)CNC(=O)CCl. The Morgan fingerprint density at radius 1 is 1.50 bits per heavy atom. The topological polar surface area (TPSA) is 29.1 Å². The summed E-state index contributed by atoms with van der Waals surface area (Å²) in [5.74, 6) is -0.181. The molecule has 2 nitrogen and oxygen atoms in total. The fraction of sp³-hybridized carbons (Fsp3) is 0.875. The van der Waals surface area contributed by atoms with Crippen molar-refractivity contribution in [1.82, 2.24) is 5.32 Å². The van der Waals surface area contributed by atoms with Gasteiger partial charge in [0.2, 0.25) is 5.91 Å². The second-order valence-electron chi connectivity index (χ2n) is 3.77. The third-order valence-corrected chi connectivity index (χ3v) is 2.59. The molecule has 0 aliphatic rings. The molecule has 0 aromatic heterocycles. The van der Waals surface area contributed by atoms with Crippen molar-refractivity contribution < 1.29 is 4.79 Å². The zero-order chi connectivity index (χ0) is 9.78. The summed E-state index contributed by atoms with van der Waals surface area (Å²) in [5.41, 5.74) is 0.00114. The molecule has 0 heterocycles. The summed E-state index contributed by atoms with van der Waals surface area (Å²) in [7, 11) is 0. The number of halogens is 2. The van der Waals surface area contributed by atoms with E-state index in [2.05, 4.69) is 5.32 Å². The highest BCUT2D eigenvalue weighted by molar-refractivity contribution is 6.27. The molecule has 0 aliphatic carbocycles. The van der Waals surface area contributed by atoms with Crippen molar-refractivity contribution in [1.29, 1.82) is 0 Å². The van der Waals surface area contributed by atoms with Crippen LogP contribution in [0, 0.1) is 5.41 Å². The third-order valence-electron chi connectivity index (χ3n) is 1.54. The molecule has 4 heteroatoms. The summed E-state index contributed by atoms with van der Waals surface area (Å²) >= 11 is 11.3. The van der Waals surface area contributed by atoms with Crippen LogP contribution < -0.4 is 5.32 Å². The first-order valence-corrected chi connectivity index (χ1v) is 4.81. The number of carbonyl (C=O) groups excluding carboxylic acids is 1. The van der Waals surface area contributed by atoms with Crippen molar-refractivity contribution in [3.8, 4) is 0 Å². The maximum atomic E-state index is 10.7. The number of hydrogen-bond donors (Lipinski definition) is 1. The molecule has 0 saturated carbocycles. The zero-order valence-corrected chi connectivity index (χ0v) is 9.17. The molecule has 0 aliphatic heterocycles. The minimum absolute atomic E-state index is 0.00114. The molecule has 0 bridgehead atoms. The second-order valence-corrected chi connectivity index (χ2v) is 4.57. The molecular weight excluding hydrogens is 197 g/mol. The smallest absolute Gasteiger partial charge is 0.234 e. The molecule has 0 saturated heterocycles. The van der Waals surface area contributed by atoms with E-state index in [1.165, 1.54) is 0 Å². The van der Waals surface area contributed by atoms with Gasteiger partial charge in [-0.2, -0.15) is 0 Å². The minimum Gasteiger partial charge on any atom is -0.354 e. The van der Waals surface area contributed by atoms with Gasteiger partial charge >= 0.3 is 0 Å². The lowest BCUT2D eigenvalue weighted by atomic mass is 9.92. The number of amides is 1. The van der Waals surface area contributed by atoms with Gasteiger partial charge in [-0.25, -0.2) is 0 Å². The molecule has 0 radical (unpaired) electrons. The summed E-state index contributed by atoms with van der Waals surface area (Å²) in [6, 6.07) is 0. The number of carbonyl (C=O) groups is 1. The predicted octanol–water partition coefficient (Wildman–Crippen LogP) is 1.99. The lowest BCUT2D eigenvalue weighted by molar-refractivity contribution is -0.118. The van der Waals surface area contributed by atoms with Crippen LogP contribution in [0.1, 0.15) is 20.8 Å². The molecule has 72 valence electrons. The summed E-state index contributed by atoms with van der Waals surface area (Å²) < 4.78 is 0. The van der Waals surface area contributed by atoms with Crippen molar-refractivity contribution in [3.05, 3.63) is 0 Å². The van der Waals surface area contributed by atoms with Crippen LogP contribution >= 0.6 is 23.2 Å². The molecule has 1 N–H and O–H groups in total. The van der Waals surface area contributed by atoms with Gasteiger partial charge in [-0.15, -0.1) is 23.2 Å². The largest absolute Gasteiger partial charge is 0.354 e. The molecular formula is C8H15Cl2NO. The van der Waals surface area contributed by atoms with E-state index in [4.69, 9.17) is 23.2 Å². The van der Waals surface area contributed by atoms with Gasteiger partial charge in [0.25, 0.3) is 0 Å². The van der Waals surface area contributed by atoms with Crippen LogP contribution in [0.5, 0.6) is 0 Å². The Labute approximate surface area is 83.6 Å². The van der Waals surface area contributed by atoms with E-state index in [-0.39, 0.29) is 22.6 Å². The van der Waals surface area contributed by atoms with Gasteiger partial charge < -0.3 is 5.32 Å². The first kappa shape index (κ1) is 12.0. The predicted molar refractivity (Wildman–Crippen MR) is 52.8 cm³/mol. The first-order valence-electron chi connectivity index (χ1n) is 3.84. The van der Waals surface area contributed by atoms with Crippen LogP contribution in [0.15, 0.2) is 0 Å². The Kier molecular flexibility index (Phi) is 4.95. The highest BCUT2D eigenvalue weighted by Crippen LogP contribution is 2.23. The third kappa shape index (κ3) is 4.83. The second kappa shape index (κ2) is 4.93. The van der Waals surface area contributed by atoms with Crippen LogP contribution in [0.3, 0.4) is 0 Å². The van der Waals surface area contributed by atoms with Gasteiger partial charge in [-0.3, -0.25) is 4.79 Å². The summed E-state index contributed by atoms with van der Waals surface area (Å²) in [6.07, 6.45) is 0. The van der Waals surface area contributed by atoms with E-state index < -0.39 is 0 Å². The first-order chi connectivity index (χ1) is 5.38. The molecule has 0 spiro atoms. The number of alkyl halides is 2. The van der Waals surface area contributed by atoms with E-state index in [1.807, 2.05) is 20.8 Å². The van der Waals surface area contributed by atoms with Gasteiger partial charge in [0, 0.05) is 6.54 Å². The Hall–Kier alpha value is 0.0500. The van der Waals surface area contributed by atoms with Crippen LogP contribution in [0.4, 0.5) is 0 Å². The maximum absolute atomic E-state index is 10.7. The molecule has 1 amide bonds. The number of rotatable bonds is 3. The van der Waals surface area contributed by atoms with Gasteiger partial charge in [0.15, 0.2) is 0 Å². The lowest BCUT2D eigenvalue weighted by Gasteiger charge is -2.24. The standard InChI is InChI=1S/C8H15Cl2NO/c1-8(2,3)6(10)5-11-7(12)4-9/h6H,4-5H2,1-3H3,(H,11,12). The number of hydrogen-bond acceptors (Lipinski definition) is 1. The molecule has 0 aromatic rings. The zero-order valence-electron chi connectivity index (χ0n) is 7.66. The highest BCUT2D eigenvalue weighted by Gasteiger charge is 2.22. The molecule has 1 atom stereocenters. The Bertz CT molecular complexity index is 154. The average Bonchev–Trinajstić information content (AvgIpc) is 1.97. The lowest BCUT2D eigenvalue weighted by Crippen LogP contribution is -2.36. The number of nitrogens with one attached hydrogen (secondary N) is 1. The van der Waals surface area contributed by atoms with Crippen molar-refractivity contribution >= 4 is 29.1 Å². The van der Waals surface area contributed by atoms with Gasteiger partial charge in [-0.05, 0) is 5.41 Å². The Morgan fingerprint density at radius 3 is 2.33 bits per heavy atom. The molecule has 0 aromatic carbocycles. The maximum Gasteiger partial charge on any atom is 0.234 e. The minimum atomic E-state index is -0.174. The van der Waals surface area contributed by atoms with Crippen molar-refractivity contribution in [3.63, 3.8) is 0 Å². The van der Waals surface area contributed by atoms with Crippen LogP contribution in [-0.2, 0) is 4.79 Å². The summed E-state index contributed by atoms with van der Waals surface area (Å²) in [6.45, 7) is 6.54. The quantitative estimate of drug-likeness (QED) is 0.712. The van der Waals surface area contributed by atoms with E-state index in [9.17, 15) is 4.79 Å². The fourth-order valence-electron chi connectivity index (χ4n) is 0.557. The van der Waals surface area contributed by atoms with E-state index in [0.717, 1.165) is 0 Å². The Balaban J connectivity index is 3.72. The molecule has 12 heavy (non-hydrogen) atoms. The van der Waals surface area contributed by atoms with E-state index >= 15 is 0 Å². The van der Waals surface area contributed by atoms with Crippen LogP contribution in [0.25, 0.3) is 0 Å². The Morgan fingerprint density at radius 2 is 2.00 bits per heavy atom. The van der Waals surface area contributed by atoms with Gasteiger partial charge in [-0.1, -0.05) is 20.8 Å². The summed E-state index contributed by atoms with van der Waals surface area (Å²) in [5, 5.41) is 2.57. The normalized spacial score (nSPS) is 14.1. The van der Waals surface area contributed by atoms with E-state index in [0.29, 0.717) is 6.54 Å². The molecule has 0 rings (SSSR count). The van der Waals surface area contributed by atoms with Gasteiger partial charge in [0.1, 0.15) is 5.88 Å². The average molecular weight is 212 g/mol. The monoisotopic (exact) mass is 211 g/mol. The van der Waals surface area contributed by atoms with E-state index in [1.54, 1.807) is 0 Å². The fourth-order valence-corrected chi connectivity index (χ4v) is 0.729. The molecule has 1 unspecified atom stereocenters. The van der Waals surface area contributed by atoms with Crippen LogP contribution in [0.2, 0.25) is 0 Å². The van der Waals surface area contributed by atoms with Crippen molar-refractivity contribution in [2.75, 3.05) is 12.4 Å².